The fraction of sp³-hybridized carbons (Fsp3) is 0.600. The number of hydrogen-bond acceptors (Lipinski definition) is 4. The van der Waals surface area contributed by atoms with Gasteiger partial charge in [0.2, 0.25) is 0 Å². The molecule has 0 atom stereocenters. The van der Waals surface area contributed by atoms with E-state index in [9.17, 15) is 10.1 Å². The second-order valence-corrected chi connectivity index (χ2v) is 7.39. The SMILES string of the molecule is CN(C)c1cc(C#N)cc(C(=O)N2CCC(N3CCCCC3)CC2)c1. The molecule has 0 spiro atoms. The second-order valence-electron chi connectivity index (χ2n) is 7.39. The Labute approximate surface area is 150 Å². The summed E-state index contributed by atoms with van der Waals surface area (Å²) in [6.07, 6.45) is 6.10. The molecule has 3 rings (SSSR count). The Hall–Kier alpha value is -2.06. The summed E-state index contributed by atoms with van der Waals surface area (Å²) in [4.78, 5) is 19.4. The van der Waals surface area contributed by atoms with Gasteiger partial charge in [-0.05, 0) is 57.0 Å². The average Bonchev–Trinajstić information content (AvgIpc) is 2.67. The highest BCUT2D eigenvalue weighted by Gasteiger charge is 2.28. The molecule has 134 valence electrons. The average molecular weight is 340 g/mol. The van der Waals surface area contributed by atoms with Crippen molar-refractivity contribution in [3.63, 3.8) is 0 Å². The molecule has 0 aliphatic carbocycles. The molecule has 2 heterocycles. The van der Waals surface area contributed by atoms with Gasteiger partial charge in [0.1, 0.15) is 0 Å². The summed E-state index contributed by atoms with van der Waals surface area (Å²) in [5, 5.41) is 9.24. The summed E-state index contributed by atoms with van der Waals surface area (Å²) >= 11 is 0. The van der Waals surface area contributed by atoms with E-state index in [4.69, 9.17) is 0 Å². The summed E-state index contributed by atoms with van der Waals surface area (Å²) in [6, 6.07) is 8.22. The van der Waals surface area contributed by atoms with Crippen LogP contribution in [0.3, 0.4) is 0 Å². The van der Waals surface area contributed by atoms with Crippen LogP contribution < -0.4 is 4.90 Å². The molecular formula is C20H28N4O. The van der Waals surface area contributed by atoms with E-state index in [1.54, 1.807) is 6.07 Å². The van der Waals surface area contributed by atoms with Gasteiger partial charge < -0.3 is 14.7 Å². The Morgan fingerprint density at radius 3 is 2.36 bits per heavy atom. The summed E-state index contributed by atoms with van der Waals surface area (Å²) in [6.45, 7) is 4.06. The van der Waals surface area contributed by atoms with Gasteiger partial charge in [0.15, 0.2) is 0 Å². The number of hydrogen-bond donors (Lipinski definition) is 0. The van der Waals surface area contributed by atoms with Crippen LogP contribution in [0.5, 0.6) is 0 Å². The van der Waals surface area contributed by atoms with E-state index >= 15 is 0 Å². The number of amides is 1. The number of benzene rings is 1. The molecule has 0 unspecified atom stereocenters. The van der Waals surface area contributed by atoms with E-state index in [0.29, 0.717) is 17.2 Å². The van der Waals surface area contributed by atoms with Gasteiger partial charge in [0.25, 0.3) is 5.91 Å². The lowest BCUT2D eigenvalue weighted by atomic mass is 9.99. The number of nitriles is 1. The zero-order valence-electron chi connectivity index (χ0n) is 15.4. The summed E-state index contributed by atoms with van der Waals surface area (Å²) in [7, 11) is 3.85. The Kier molecular flexibility index (Phi) is 5.60. The van der Waals surface area contributed by atoms with E-state index in [1.807, 2.05) is 36.0 Å². The first-order valence-electron chi connectivity index (χ1n) is 9.34. The van der Waals surface area contributed by atoms with Gasteiger partial charge in [-0.2, -0.15) is 5.26 Å². The van der Waals surface area contributed by atoms with Gasteiger partial charge in [0, 0.05) is 44.5 Å². The molecule has 2 aliphatic rings. The molecule has 5 heteroatoms. The maximum Gasteiger partial charge on any atom is 0.253 e. The molecule has 2 saturated heterocycles. The molecular weight excluding hydrogens is 312 g/mol. The molecule has 2 fully saturated rings. The van der Waals surface area contributed by atoms with Gasteiger partial charge >= 0.3 is 0 Å². The molecule has 0 bridgehead atoms. The number of nitrogens with zero attached hydrogens (tertiary/aromatic N) is 4. The van der Waals surface area contributed by atoms with E-state index < -0.39 is 0 Å². The fourth-order valence-electron chi connectivity index (χ4n) is 3.96. The summed E-state index contributed by atoms with van der Waals surface area (Å²) < 4.78 is 0. The number of rotatable bonds is 3. The lowest BCUT2D eigenvalue weighted by Gasteiger charge is -2.40. The maximum absolute atomic E-state index is 12.9. The van der Waals surface area contributed by atoms with Crippen LogP contribution in [0.2, 0.25) is 0 Å². The van der Waals surface area contributed by atoms with Crippen molar-refractivity contribution in [2.45, 2.75) is 38.1 Å². The smallest absolute Gasteiger partial charge is 0.253 e. The first-order valence-corrected chi connectivity index (χ1v) is 9.34. The van der Waals surface area contributed by atoms with Crippen LogP contribution in [0.25, 0.3) is 0 Å². The Bertz CT molecular complexity index is 650. The third-order valence-corrected chi connectivity index (χ3v) is 5.47. The molecule has 0 aromatic heterocycles. The van der Waals surface area contributed by atoms with Crippen LogP contribution in [0.1, 0.15) is 48.0 Å². The third kappa shape index (κ3) is 4.13. The predicted molar refractivity (Wildman–Crippen MR) is 99.8 cm³/mol. The third-order valence-electron chi connectivity index (χ3n) is 5.47. The van der Waals surface area contributed by atoms with Crippen molar-refractivity contribution in [1.29, 1.82) is 5.26 Å². The van der Waals surface area contributed by atoms with Crippen molar-refractivity contribution in [1.82, 2.24) is 9.80 Å². The second kappa shape index (κ2) is 7.88. The molecule has 0 N–H and O–H groups in total. The molecule has 25 heavy (non-hydrogen) atoms. The number of anilines is 1. The summed E-state index contributed by atoms with van der Waals surface area (Å²) in [5.74, 6) is 0.0531. The highest BCUT2D eigenvalue weighted by molar-refractivity contribution is 5.95. The van der Waals surface area contributed by atoms with Crippen molar-refractivity contribution in [3.05, 3.63) is 29.3 Å². The van der Waals surface area contributed by atoms with Crippen molar-refractivity contribution >= 4 is 11.6 Å². The molecule has 5 nitrogen and oxygen atoms in total. The molecule has 0 saturated carbocycles. The maximum atomic E-state index is 12.9. The predicted octanol–water partition coefficient (Wildman–Crippen LogP) is 2.71. The van der Waals surface area contributed by atoms with Crippen LogP contribution in [-0.2, 0) is 0 Å². The highest BCUT2D eigenvalue weighted by atomic mass is 16.2. The van der Waals surface area contributed by atoms with Crippen molar-refractivity contribution < 1.29 is 4.79 Å². The zero-order chi connectivity index (χ0) is 17.8. The van der Waals surface area contributed by atoms with E-state index in [1.165, 1.54) is 32.4 Å². The minimum atomic E-state index is 0.0531. The number of carbonyl (C=O) groups excluding carboxylic acids is 1. The first-order chi connectivity index (χ1) is 12.1. The largest absolute Gasteiger partial charge is 0.378 e. The standard InChI is InChI=1S/C20H28N4O/c1-22(2)19-13-16(15-21)12-17(14-19)20(25)24-10-6-18(7-11-24)23-8-4-3-5-9-23/h12-14,18H,3-11H2,1-2H3. The highest BCUT2D eigenvalue weighted by Crippen LogP contribution is 2.23. The first kappa shape index (κ1) is 17.8. The van der Waals surface area contributed by atoms with Crippen LogP contribution in [-0.4, -0.2) is 62.0 Å². The Morgan fingerprint density at radius 1 is 1.08 bits per heavy atom. The van der Waals surface area contributed by atoms with Crippen molar-refractivity contribution in [3.8, 4) is 6.07 Å². The van der Waals surface area contributed by atoms with Gasteiger partial charge in [-0.25, -0.2) is 0 Å². The molecule has 2 aliphatic heterocycles. The van der Waals surface area contributed by atoms with Crippen molar-refractivity contribution in [2.75, 3.05) is 45.2 Å². The topological polar surface area (TPSA) is 50.6 Å². The van der Waals surface area contributed by atoms with Crippen LogP contribution in [0.15, 0.2) is 18.2 Å². The monoisotopic (exact) mass is 340 g/mol. The number of piperidine rings is 2. The van der Waals surface area contributed by atoms with Crippen molar-refractivity contribution in [2.24, 2.45) is 0 Å². The minimum absolute atomic E-state index is 0.0531. The van der Waals surface area contributed by atoms with E-state index in [0.717, 1.165) is 31.6 Å². The Morgan fingerprint density at radius 2 is 1.76 bits per heavy atom. The normalized spacial score (nSPS) is 19.5. The molecule has 0 radical (unpaired) electrons. The number of likely N-dealkylation sites (tertiary alicyclic amines) is 2. The van der Waals surface area contributed by atoms with Crippen LogP contribution in [0.4, 0.5) is 5.69 Å². The Balaban J connectivity index is 1.66. The lowest BCUT2D eigenvalue weighted by molar-refractivity contribution is 0.0590. The quantitative estimate of drug-likeness (QED) is 0.849. The lowest BCUT2D eigenvalue weighted by Crippen LogP contribution is -2.48. The van der Waals surface area contributed by atoms with Crippen LogP contribution in [0, 0.1) is 11.3 Å². The van der Waals surface area contributed by atoms with Crippen LogP contribution >= 0.6 is 0 Å². The van der Waals surface area contributed by atoms with Gasteiger partial charge in [-0.15, -0.1) is 0 Å². The van der Waals surface area contributed by atoms with E-state index in [2.05, 4.69) is 11.0 Å². The summed E-state index contributed by atoms with van der Waals surface area (Å²) in [5.41, 5.74) is 2.06. The number of carbonyl (C=O) groups is 1. The van der Waals surface area contributed by atoms with Gasteiger partial charge in [0.05, 0.1) is 11.6 Å². The van der Waals surface area contributed by atoms with E-state index in [-0.39, 0.29) is 5.91 Å². The molecule has 1 aromatic carbocycles. The van der Waals surface area contributed by atoms with Gasteiger partial charge in [-0.1, -0.05) is 6.42 Å². The molecule has 1 aromatic rings. The van der Waals surface area contributed by atoms with Gasteiger partial charge in [-0.3, -0.25) is 4.79 Å². The molecule has 1 amide bonds. The fourth-order valence-corrected chi connectivity index (χ4v) is 3.96. The minimum Gasteiger partial charge on any atom is -0.378 e. The zero-order valence-corrected chi connectivity index (χ0v) is 15.4.